The summed E-state index contributed by atoms with van der Waals surface area (Å²) in [7, 11) is 0.872. The summed E-state index contributed by atoms with van der Waals surface area (Å²) < 4.78 is -0.384. The van der Waals surface area contributed by atoms with Crippen LogP contribution in [0.5, 0.6) is 0 Å². The molecule has 0 nitrogen and oxygen atoms in total. The number of alkyl halides is 2. The lowest BCUT2D eigenvalue weighted by Gasteiger charge is -2.12. The van der Waals surface area contributed by atoms with Crippen molar-refractivity contribution in [2.75, 3.05) is 0 Å². The molecule has 0 radical (unpaired) electrons. The Morgan fingerprint density at radius 2 is 1.31 bits per heavy atom. The summed E-state index contributed by atoms with van der Waals surface area (Å²) >= 11 is 11.9. The van der Waals surface area contributed by atoms with Gasteiger partial charge in [-0.3, -0.25) is 0 Å². The van der Waals surface area contributed by atoms with E-state index in [-0.39, 0.29) is 3.96 Å². The van der Waals surface area contributed by atoms with E-state index in [9.17, 15) is 0 Å². The Balaban J connectivity index is 3.01. The van der Waals surface area contributed by atoms with Gasteiger partial charge in [-0.05, 0) is 19.3 Å². The first kappa shape index (κ1) is 16.5. The SMILES string of the molecule is C=CCCCCCCCCCCC([SiH3])(Cl)Cl. The Hall–Kier alpha value is 0.537. The number of hydrogen-bond donors (Lipinski definition) is 0. The second-order valence-electron chi connectivity index (χ2n) is 4.73. The zero-order chi connectivity index (χ0) is 12.3. The molecule has 0 N–H and O–H groups in total. The minimum absolute atomic E-state index is 0.384. The van der Waals surface area contributed by atoms with Crippen molar-refractivity contribution in [3.8, 4) is 0 Å². The number of rotatable bonds is 11. The van der Waals surface area contributed by atoms with E-state index >= 15 is 0 Å². The van der Waals surface area contributed by atoms with Crippen LogP contribution in [0, 0.1) is 0 Å². The molecule has 0 bridgehead atoms. The first-order chi connectivity index (χ1) is 7.56. The highest BCUT2D eigenvalue weighted by molar-refractivity contribution is 6.65. The summed E-state index contributed by atoms with van der Waals surface area (Å²) in [5.41, 5.74) is 0. The van der Waals surface area contributed by atoms with Gasteiger partial charge in [0.1, 0.15) is 0 Å². The van der Waals surface area contributed by atoms with Gasteiger partial charge in [0, 0.05) is 10.2 Å². The number of unbranched alkanes of at least 4 members (excludes halogenated alkanes) is 8. The molecular formula is C13H26Cl2Si. The Bertz CT molecular complexity index is 164. The molecule has 0 aliphatic heterocycles. The average Bonchev–Trinajstić information content (AvgIpc) is 2.19. The second-order valence-corrected chi connectivity index (χ2v) is 9.56. The molecule has 0 aliphatic carbocycles. The fourth-order valence-corrected chi connectivity index (χ4v) is 2.41. The van der Waals surface area contributed by atoms with E-state index in [1.807, 2.05) is 6.08 Å². The molecule has 0 aromatic carbocycles. The summed E-state index contributed by atoms with van der Waals surface area (Å²) in [5.74, 6) is 0. The largest absolute Gasteiger partial charge is 0.107 e. The van der Waals surface area contributed by atoms with Crippen LogP contribution < -0.4 is 0 Å². The Kier molecular flexibility index (Phi) is 11.0. The van der Waals surface area contributed by atoms with Gasteiger partial charge in [-0.15, -0.1) is 29.8 Å². The van der Waals surface area contributed by atoms with Gasteiger partial charge in [0.2, 0.25) is 0 Å². The van der Waals surface area contributed by atoms with E-state index in [2.05, 4.69) is 6.58 Å². The van der Waals surface area contributed by atoms with Crippen molar-refractivity contribution in [1.82, 2.24) is 0 Å². The summed E-state index contributed by atoms with van der Waals surface area (Å²) in [5, 5.41) is 0. The van der Waals surface area contributed by atoms with Gasteiger partial charge < -0.3 is 0 Å². The van der Waals surface area contributed by atoms with Crippen molar-refractivity contribution in [1.29, 1.82) is 0 Å². The highest BCUT2D eigenvalue weighted by Crippen LogP contribution is 2.23. The van der Waals surface area contributed by atoms with Crippen LogP contribution in [0.4, 0.5) is 0 Å². The lowest BCUT2D eigenvalue weighted by atomic mass is 10.1. The number of hydrogen-bond acceptors (Lipinski definition) is 0. The standard InChI is InChI=1S/C13H26Cl2Si/c1-2-3-4-5-6-7-8-9-10-11-12-13(14,15)16/h2H,1,3-12H2,16H3. The van der Waals surface area contributed by atoms with E-state index in [4.69, 9.17) is 23.2 Å². The van der Waals surface area contributed by atoms with E-state index in [1.165, 1.54) is 57.8 Å². The number of halogens is 2. The van der Waals surface area contributed by atoms with E-state index < -0.39 is 0 Å². The van der Waals surface area contributed by atoms with Crippen molar-refractivity contribution < 1.29 is 0 Å². The molecule has 0 unspecified atom stereocenters. The first-order valence-electron chi connectivity index (χ1n) is 6.55. The van der Waals surface area contributed by atoms with Crippen LogP contribution >= 0.6 is 23.2 Å². The fourth-order valence-electron chi connectivity index (χ4n) is 1.78. The van der Waals surface area contributed by atoms with E-state index in [0.717, 1.165) is 16.7 Å². The summed E-state index contributed by atoms with van der Waals surface area (Å²) in [6.45, 7) is 3.73. The third-order valence-electron chi connectivity index (χ3n) is 2.77. The minimum atomic E-state index is -0.384. The molecule has 0 atom stereocenters. The van der Waals surface area contributed by atoms with E-state index in [1.54, 1.807) is 0 Å². The first-order valence-corrected chi connectivity index (χ1v) is 8.30. The zero-order valence-corrected chi connectivity index (χ0v) is 14.1. The van der Waals surface area contributed by atoms with Crippen molar-refractivity contribution in [2.45, 2.75) is 68.2 Å². The Morgan fingerprint density at radius 3 is 1.75 bits per heavy atom. The van der Waals surface area contributed by atoms with Crippen molar-refractivity contribution in [3.63, 3.8) is 0 Å². The topological polar surface area (TPSA) is 0 Å². The maximum Gasteiger partial charge on any atom is 0.0972 e. The van der Waals surface area contributed by atoms with Crippen LogP contribution in [0.25, 0.3) is 0 Å². The third-order valence-corrected chi connectivity index (χ3v) is 3.65. The van der Waals surface area contributed by atoms with Crippen LogP contribution in [0.15, 0.2) is 12.7 Å². The number of allylic oxidation sites excluding steroid dienone is 1. The molecular weight excluding hydrogens is 255 g/mol. The predicted octanol–water partition coefficient (Wildman–Crippen LogP) is 4.57. The van der Waals surface area contributed by atoms with Crippen LogP contribution in [0.1, 0.15) is 64.2 Å². The molecule has 0 aromatic rings. The molecule has 0 amide bonds. The van der Waals surface area contributed by atoms with Gasteiger partial charge in [-0.1, -0.05) is 51.0 Å². The van der Waals surface area contributed by atoms with Crippen molar-refractivity contribution >= 4 is 33.4 Å². The molecule has 0 saturated heterocycles. The normalized spacial score (nSPS) is 11.9. The van der Waals surface area contributed by atoms with Gasteiger partial charge in [-0.25, -0.2) is 0 Å². The lowest BCUT2D eigenvalue weighted by Crippen LogP contribution is -2.11. The molecule has 3 heteroatoms. The second kappa shape index (κ2) is 10.7. The maximum atomic E-state index is 5.96. The van der Waals surface area contributed by atoms with Crippen LogP contribution in [0.2, 0.25) is 0 Å². The van der Waals surface area contributed by atoms with Gasteiger partial charge in [0.25, 0.3) is 0 Å². The molecule has 0 saturated carbocycles. The maximum absolute atomic E-state index is 5.96. The van der Waals surface area contributed by atoms with E-state index in [0.29, 0.717) is 0 Å². The molecule has 0 heterocycles. The molecule has 0 rings (SSSR count). The highest BCUT2D eigenvalue weighted by atomic mass is 35.5. The quantitative estimate of drug-likeness (QED) is 0.225. The third kappa shape index (κ3) is 14.5. The van der Waals surface area contributed by atoms with Crippen molar-refractivity contribution in [2.24, 2.45) is 0 Å². The van der Waals surface area contributed by atoms with Gasteiger partial charge in [0.15, 0.2) is 0 Å². The molecule has 0 aliphatic rings. The zero-order valence-electron chi connectivity index (χ0n) is 10.6. The van der Waals surface area contributed by atoms with Gasteiger partial charge in [0.05, 0.1) is 3.96 Å². The molecule has 16 heavy (non-hydrogen) atoms. The predicted molar refractivity (Wildman–Crippen MR) is 80.7 cm³/mol. The highest BCUT2D eigenvalue weighted by Gasteiger charge is 2.14. The monoisotopic (exact) mass is 280 g/mol. The fraction of sp³-hybridized carbons (Fsp3) is 0.846. The summed E-state index contributed by atoms with van der Waals surface area (Å²) in [4.78, 5) is 0. The molecule has 0 aromatic heterocycles. The summed E-state index contributed by atoms with van der Waals surface area (Å²) in [6.07, 6.45) is 14.8. The average molecular weight is 281 g/mol. The van der Waals surface area contributed by atoms with Gasteiger partial charge in [-0.2, -0.15) is 0 Å². The van der Waals surface area contributed by atoms with Crippen molar-refractivity contribution in [3.05, 3.63) is 12.7 Å². The minimum Gasteiger partial charge on any atom is -0.107 e. The van der Waals surface area contributed by atoms with Gasteiger partial charge >= 0.3 is 0 Å². The molecule has 96 valence electrons. The smallest absolute Gasteiger partial charge is 0.0972 e. The van der Waals surface area contributed by atoms with Crippen LogP contribution in [-0.4, -0.2) is 14.2 Å². The van der Waals surface area contributed by atoms with Crippen LogP contribution in [0.3, 0.4) is 0 Å². The molecule has 0 spiro atoms. The Labute approximate surface area is 114 Å². The van der Waals surface area contributed by atoms with Crippen LogP contribution in [-0.2, 0) is 0 Å². The molecule has 0 fully saturated rings. The summed E-state index contributed by atoms with van der Waals surface area (Å²) in [6, 6.07) is 0. The lowest BCUT2D eigenvalue weighted by molar-refractivity contribution is 0.562. The Morgan fingerprint density at radius 1 is 0.875 bits per heavy atom.